The summed E-state index contributed by atoms with van der Waals surface area (Å²) in [5.41, 5.74) is 2.49. The third-order valence-electron chi connectivity index (χ3n) is 3.70. The third-order valence-corrected chi connectivity index (χ3v) is 4.46. The third kappa shape index (κ3) is 8.60. The second kappa shape index (κ2) is 14.7. The molecule has 0 saturated carbocycles. The van der Waals surface area contributed by atoms with Gasteiger partial charge in [-0.05, 0) is 12.0 Å². The van der Waals surface area contributed by atoms with E-state index in [0.717, 1.165) is 16.8 Å². The molecule has 0 bridgehead atoms. The summed E-state index contributed by atoms with van der Waals surface area (Å²) in [6, 6.07) is 18.7. The summed E-state index contributed by atoms with van der Waals surface area (Å²) in [6.07, 6.45) is 0.138. The minimum atomic E-state index is -1.16. The summed E-state index contributed by atoms with van der Waals surface area (Å²) in [5.74, 6) is -2.88. The number of carboxylic acid groups (broad SMARTS) is 1. The fraction of sp³-hybridized carbons (Fsp3) is 0.182. The molecule has 148 valence electrons. The zero-order valence-electron chi connectivity index (χ0n) is 17.3. The standard InChI is InChI=1S/C19H16N2O3S.C2H6.CH3.Rb/c22-17(15(18(23)24)11-13-7-3-1-4-8-13)21-19-20-16(12-25-19)14-9-5-2-6-10-14;1-2;;/h1-10,12,15H,11H2,(H,23,24)(H,20,21,22);1-2H3;1H3;/q;;-1;+1. The average molecular weight is 483 g/mol. The number of nitrogens with one attached hydrogen (secondary N) is 1. The molecule has 3 rings (SSSR count). The minimum absolute atomic E-state index is 0. The number of rotatable bonds is 6. The number of hydrogen-bond donors (Lipinski definition) is 2. The summed E-state index contributed by atoms with van der Waals surface area (Å²) in [7, 11) is 0. The van der Waals surface area contributed by atoms with E-state index >= 15 is 0 Å². The predicted octanol–water partition coefficient (Wildman–Crippen LogP) is 2.17. The monoisotopic (exact) mass is 482 g/mol. The Morgan fingerprint density at radius 2 is 1.59 bits per heavy atom. The van der Waals surface area contributed by atoms with Gasteiger partial charge in [0.2, 0.25) is 5.91 Å². The van der Waals surface area contributed by atoms with Gasteiger partial charge in [-0.15, -0.1) is 11.3 Å². The number of anilines is 1. The molecule has 1 atom stereocenters. The molecule has 29 heavy (non-hydrogen) atoms. The van der Waals surface area contributed by atoms with Crippen molar-refractivity contribution in [2.75, 3.05) is 5.32 Å². The first-order valence-electron chi connectivity index (χ1n) is 8.72. The number of carbonyl (C=O) groups is 2. The van der Waals surface area contributed by atoms with E-state index in [0.29, 0.717) is 5.13 Å². The Bertz CT molecular complexity index is 870. The van der Waals surface area contributed by atoms with E-state index in [9.17, 15) is 14.7 Å². The fourth-order valence-electron chi connectivity index (χ4n) is 2.41. The molecule has 0 saturated heterocycles. The van der Waals surface area contributed by atoms with Gasteiger partial charge in [-0.3, -0.25) is 9.59 Å². The average Bonchev–Trinajstić information content (AvgIpc) is 3.17. The number of carbonyl (C=O) groups excluding carboxylic acids is 1. The van der Waals surface area contributed by atoms with Gasteiger partial charge in [0.15, 0.2) is 5.13 Å². The van der Waals surface area contributed by atoms with Gasteiger partial charge in [-0.25, -0.2) is 4.98 Å². The van der Waals surface area contributed by atoms with Crippen LogP contribution in [0, 0.1) is 13.3 Å². The van der Waals surface area contributed by atoms with Crippen LogP contribution in [0.15, 0.2) is 66.0 Å². The number of amides is 1. The van der Waals surface area contributed by atoms with Gasteiger partial charge in [0.05, 0.1) is 5.69 Å². The maximum Gasteiger partial charge on any atom is 1.00 e. The van der Waals surface area contributed by atoms with Gasteiger partial charge in [0.25, 0.3) is 0 Å². The Kier molecular flexibility index (Phi) is 14.1. The Labute approximate surface area is 225 Å². The Morgan fingerprint density at radius 3 is 2.14 bits per heavy atom. The topological polar surface area (TPSA) is 79.3 Å². The second-order valence-electron chi connectivity index (χ2n) is 5.47. The molecular formula is C22H25N2O3RbS. The zero-order chi connectivity index (χ0) is 19.6. The van der Waals surface area contributed by atoms with Crippen molar-refractivity contribution in [2.45, 2.75) is 20.3 Å². The van der Waals surface area contributed by atoms with Gasteiger partial charge >= 0.3 is 64.2 Å². The van der Waals surface area contributed by atoms with Crippen molar-refractivity contribution in [3.05, 3.63) is 79.0 Å². The molecule has 0 fully saturated rings. The number of hydrogen-bond acceptors (Lipinski definition) is 4. The molecule has 1 unspecified atom stereocenters. The van der Waals surface area contributed by atoms with Crippen LogP contribution in [0.25, 0.3) is 11.3 Å². The molecule has 0 spiro atoms. The number of carboxylic acids is 1. The van der Waals surface area contributed by atoms with Crippen molar-refractivity contribution in [2.24, 2.45) is 5.92 Å². The van der Waals surface area contributed by atoms with Gasteiger partial charge in [-0.1, -0.05) is 74.5 Å². The minimum Gasteiger partial charge on any atom is -0.481 e. The molecule has 0 radical (unpaired) electrons. The van der Waals surface area contributed by atoms with E-state index in [1.54, 1.807) is 12.1 Å². The maximum absolute atomic E-state index is 12.4. The summed E-state index contributed by atoms with van der Waals surface area (Å²) in [5, 5.41) is 14.2. The molecule has 1 aromatic heterocycles. The molecule has 1 heterocycles. The van der Waals surface area contributed by atoms with E-state index in [2.05, 4.69) is 10.3 Å². The summed E-state index contributed by atoms with van der Waals surface area (Å²) >= 11 is 1.27. The normalized spacial score (nSPS) is 10.3. The number of aliphatic carboxylic acids is 1. The molecule has 2 N–H and O–H groups in total. The smallest absolute Gasteiger partial charge is 0.481 e. The van der Waals surface area contributed by atoms with E-state index < -0.39 is 17.8 Å². The number of nitrogens with zero attached hydrogens (tertiary/aromatic N) is 1. The van der Waals surface area contributed by atoms with Crippen molar-refractivity contribution < 1.29 is 72.9 Å². The number of aromatic nitrogens is 1. The van der Waals surface area contributed by atoms with Gasteiger partial charge in [0.1, 0.15) is 5.92 Å². The molecule has 2 aromatic carbocycles. The molecule has 5 nitrogen and oxygen atoms in total. The van der Waals surface area contributed by atoms with Crippen LogP contribution in [0.3, 0.4) is 0 Å². The molecule has 0 aliphatic heterocycles. The number of thiazole rings is 1. The maximum atomic E-state index is 12.4. The van der Waals surface area contributed by atoms with E-state index in [4.69, 9.17) is 0 Å². The van der Waals surface area contributed by atoms with Crippen LogP contribution in [-0.4, -0.2) is 22.0 Å². The Morgan fingerprint density at radius 1 is 1.03 bits per heavy atom. The SMILES string of the molecule is CC.O=C(O)C(Cc1ccccc1)C(=O)Nc1nc(-c2ccccc2)cs1.[CH3-].[Rb+]. The molecule has 3 aromatic rings. The van der Waals surface area contributed by atoms with Crippen LogP contribution in [0.2, 0.25) is 0 Å². The molecule has 0 aliphatic rings. The van der Waals surface area contributed by atoms with Gasteiger partial charge < -0.3 is 17.8 Å². The second-order valence-corrected chi connectivity index (χ2v) is 6.33. The Balaban J connectivity index is 0.00000190. The Hall–Kier alpha value is -1.18. The molecule has 7 heteroatoms. The van der Waals surface area contributed by atoms with Crippen LogP contribution in [0.1, 0.15) is 19.4 Å². The van der Waals surface area contributed by atoms with E-state index in [-0.39, 0.29) is 72.0 Å². The number of benzene rings is 2. The van der Waals surface area contributed by atoms with Crippen molar-refractivity contribution in [3.63, 3.8) is 0 Å². The van der Waals surface area contributed by atoms with E-state index in [1.807, 2.05) is 67.8 Å². The summed E-state index contributed by atoms with van der Waals surface area (Å²) in [6.45, 7) is 4.00. The first-order valence-corrected chi connectivity index (χ1v) is 9.60. The molecular weight excluding hydrogens is 458 g/mol. The summed E-state index contributed by atoms with van der Waals surface area (Å²) in [4.78, 5) is 28.2. The largest absolute Gasteiger partial charge is 1.00 e. The quantitative estimate of drug-likeness (QED) is 0.417. The first-order chi connectivity index (χ1) is 13.1. The first kappa shape index (κ1) is 27.8. The van der Waals surface area contributed by atoms with Gasteiger partial charge in [-0.2, -0.15) is 0 Å². The molecule has 1 amide bonds. The van der Waals surface area contributed by atoms with Crippen LogP contribution in [0.5, 0.6) is 0 Å². The van der Waals surface area contributed by atoms with Crippen LogP contribution in [0.4, 0.5) is 5.13 Å². The fourth-order valence-corrected chi connectivity index (χ4v) is 3.13. The van der Waals surface area contributed by atoms with Crippen molar-refractivity contribution in [1.82, 2.24) is 4.98 Å². The van der Waals surface area contributed by atoms with Crippen molar-refractivity contribution in [1.29, 1.82) is 0 Å². The summed E-state index contributed by atoms with van der Waals surface area (Å²) < 4.78 is 0. The van der Waals surface area contributed by atoms with Crippen molar-refractivity contribution in [3.8, 4) is 11.3 Å². The van der Waals surface area contributed by atoms with Gasteiger partial charge in [0, 0.05) is 10.9 Å². The van der Waals surface area contributed by atoms with Crippen molar-refractivity contribution >= 4 is 28.3 Å². The predicted molar refractivity (Wildman–Crippen MR) is 115 cm³/mol. The van der Waals surface area contributed by atoms with Crippen LogP contribution in [-0.2, 0) is 16.0 Å². The molecule has 0 aliphatic carbocycles. The van der Waals surface area contributed by atoms with Crippen LogP contribution >= 0.6 is 11.3 Å². The zero-order valence-corrected chi connectivity index (χ0v) is 23.0. The van der Waals surface area contributed by atoms with Crippen LogP contribution < -0.4 is 63.5 Å². The van der Waals surface area contributed by atoms with E-state index in [1.165, 1.54) is 11.3 Å².